The highest BCUT2D eigenvalue weighted by Gasteiger charge is 2.20. The van der Waals surface area contributed by atoms with Crippen LogP contribution in [0, 0.1) is 0 Å². The molecule has 1 heterocycles. The SMILES string of the molecule is COc1ccc(C(=O)Nc2ccc(N3CCCC[C@@H]3C)c(N)c2)cc1OC. The highest BCUT2D eigenvalue weighted by Crippen LogP contribution is 2.32. The summed E-state index contributed by atoms with van der Waals surface area (Å²) in [7, 11) is 3.10. The Bertz CT molecular complexity index is 822. The van der Waals surface area contributed by atoms with E-state index in [4.69, 9.17) is 15.2 Å². The molecule has 1 saturated heterocycles. The van der Waals surface area contributed by atoms with Gasteiger partial charge in [-0.15, -0.1) is 0 Å². The lowest BCUT2D eigenvalue weighted by molar-refractivity contribution is 0.102. The van der Waals surface area contributed by atoms with Crippen LogP contribution in [-0.4, -0.2) is 32.7 Å². The first kappa shape index (κ1) is 18.9. The van der Waals surface area contributed by atoms with Gasteiger partial charge in [0.1, 0.15) is 0 Å². The van der Waals surface area contributed by atoms with Crippen LogP contribution in [0.3, 0.4) is 0 Å². The van der Waals surface area contributed by atoms with Gasteiger partial charge in [0.25, 0.3) is 5.91 Å². The number of ether oxygens (including phenoxy) is 2. The van der Waals surface area contributed by atoms with Crippen molar-refractivity contribution in [1.29, 1.82) is 0 Å². The van der Waals surface area contributed by atoms with E-state index in [9.17, 15) is 4.79 Å². The van der Waals surface area contributed by atoms with Crippen molar-refractivity contribution in [3.63, 3.8) is 0 Å². The molecule has 1 aliphatic rings. The van der Waals surface area contributed by atoms with Crippen LogP contribution in [0.25, 0.3) is 0 Å². The number of rotatable bonds is 5. The Morgan fingerprint density at radius 3 is 2.56 bits per heavy atom. The van der Waals surface area contributed by atoms with Gasteiger partial charge >= 0.3 is 0 Å². The third-order valence-electron chi connectivity index (χ3n) is 5.04. The van der Waals surface area contributed by atoms with Crippen LogP contribution >= 0.6 is 0 Å². The van der Waals surface area contributed by atoms with Gasteiger partial charge in [0.2, 0.25) is 0 Å². The summed E-state index contributed by atoms with van der Waals surface area (Å²) in [6.45, 7) is 3.24. The molecule has 6 nitrogen and oxygen atoms in total. The van der Waals surface area contributed by atoms with Crippen LogP contribution < -0.4 is 25.4 Å². The Morgan fingerprint density at radius 2 is 1.89 bits per heavy atom. The molecule has 0 bridgehead atoms. The van der Waals surface area contributed by atoms with E-state index in [0.29, 0.717) is 34.5 Å². The van der Waals surface area contributed by atoms with Gasteiger partial charge in [0, 0.05) is 23.8 Å². The second kappa shape index (κ2) is 8.20. The number of amides is 1. The maximum Gasteiger partial charge on any atom is 0.255 e. The number of benzene rings is 2. The van der Waals surface area contributed by atoms with Crippen LogP contribution in [0.15, 0.2) is 36.4 Å². The zero-order valence-corrected chi connectivity index (χ0v) is 16.1. The van der Waals surface area contributed by atoms with Crippen LogP contribution in [0.5, 0.6) is 11.5 Å². The van der Waals surface area contributed by atoms with E-state index >= 15 is 0 Å². The number of carbonyl (C=O) groups excluding carboxylic acids is 1. The molecule has 0 spiro atoms. The summed E-state index contributed by atoms with van der Waals surface area (Å²) < 4.78 is 10.5. The molecule has 1 amide bonds. The zero-order valence-electron chi connectivity index (χ0n) is 16.1. The fourth-order valence-corrected chi connectivity index (χ4v) is 3.53. The van der Waals surface area contributed by atoms with Gasteiger partial charge in [-0.3, -0.25) is 4.79 Å². The summed E-state index contributed by atoms with van der Waals surface area (Å²) in [6, 6.07) is 11.2. The number of hydrogen-bond acceptors (Lipinski definition) is 5. The molecule has 0 unspecified atom stereocenters. The highest BCUT2D eigenvalue weighted by atomic mass is 16.5. The van der Waals surface area contributed by atoms with Crippen molar-refractivity contribution in [2.45, 2.75) is 32.2 Å². The Balaban J connectivity index is 1.76. The predicted molar refractivity (Wildman–Crippen MR) is 109 cm³/mol. The molecular weight excluding hydrogens is 342 g/mol. The van der Waals surface area contributed by atoms with Crippen molar-refractivity contribution < 1.29 is 14.3 Å². The van der Waals surface area contributed by atoms with E-state index in [-0.39, 0.29) is 5.91 Å². The number of piperidine rings is 1. The Labute approximate surface area is 160 Å². The van der Waals surface area contributed by atoms with Crippen molar-refractivity contribution >= 4 is 23.0 Å². The number of hydrogen-bond donors (Lipinski definition) is 2. The van der Waals surface area contributed by atoms with Gasteiger partial charge in [-0.25, -0.2) is 0 Å². The zero-order chi connectivity index (χ0) is 19.4. The molecule has 27 heavy (non-hydrogen) atoms. The van der Waals surface area contributed by atoms with E-state index in [2.05, 4.69) is 17.1 Å². The minimum Gasteiger partial charge on any atom is -0.493 e. The molecule has 0 aliphatic carbocycles. The number of nitrogens with zero attached hydrogens (tertiary/aromatic N) is 1. The molecule has 0 saturated carbocycles. The third kappa shape index (κ3) is 4.10. The lowest BCUT2D eigenvalue weighted by Gasteiger charge is -2.36. The molecule has 1 fully saturated rings. The van der Waals surface area contributed by atoms with Gasteiger partial charge in [0.05, 0.1) is 25.6 Å². The fourth-order valence-electron chi connectivity index (χ4n) is 3.53. The predicted octanol–water partition coefficient (Wildman–Crippen LogP) is 3.92. The van der Waals surface area contributed by atoms with Gasteiger partial charge in [-0.1, -0.05) is 0 Å². The smallest absolute Gasteiger partial charge is 0.255 e. The van der Waals surface area contributed by atoms with E-state index < -0.39 is 0 Å². The standard InChI is InChI=1S/C21H27N3O3/c1-14-6-4-5-11-24(14)18-9-8-16(13-17(18)22)23-21(25)15-7-10-19(26-2)20(12-15)27-3/h7-10,12-14H,4-6,11,22H2,1-3H3,(H,23,25)/t14-/m0/s1. The summed E-state index contributed by atoms with van der Waals surface area (Å²) in [4.78, 5) is 14.9. The fraction of sp³-hybridized carbons (Fsp3) is 0.381. The van der Waals surface area contributed by atoms with Crippen molar-refractivity contribution in [2.75, 3.05) is 36.7 Å². The van der Waals surface area contributed by atoms with Crippen LogP contribution in [0.1, 0.15) is 36.5 Å². The Kier molecular flexibility index (Phi) is 5.74. The summed E-state index contributed by atoms with van der Waals surface area (Å²) in [6.07, 6.45) is 3.62. The van der Waals surface area contributed by atoms with Crippen LogP contribution in [0.4, 0.5) is 17.1 Å². The van der Waals surface area contributed by atoms with E-state index in [1.807, 2.05) is 18.2 Å². The molecule has 6 heteroatoms. The second-order valence-electron chi connectivity index (χ2n) is 6.84. The monoisotopic (exact) mass is 369 g/mol. The lowest BCUT2D eigenvalue weighted by atomic mass is 10.0. The largest absolute Gasteiger partial charge is 0.493 e. The van der Waals surface area contributed by atoms with Crippen molar-refractivity contribution in [3.05, 3.63) is 42.0 Å². The number of nitrogens with two attached hydrogens (primary N) is 1. The van der Waals surface area contributed by atoms with E-state index in [1.54, 1.807) is 32.4 Å². The van der Waals surface area contributed by atoms with Gasteiger partial charge in [-0.2, -0.15) is 0 Å². The average Bonchev–Trinajstić information content (AvgIpc) is 2.68. The third-order valence-corrected chi connectivity index (χ3v) is 5.04. The molecule has 2 aromatic rings. The molecular formula is C21H27N3O3. The first-order chi connectivity index (χ1) is 13.0. The highest BCUT2D eigenvalue weighted by molar-refractivity contribution is 6.05. The lowest BCUT2D eigenvalue weighted by Crippen LogP contribution is -2.37. The second-order valence-corrected chi connectivity index (χ2v) is 6.84. The summed E-state index contributed by atoms with van der Waals surface area (Å²) >= 11 is 0. The average molecular weight is 369 g/mol. The molecule has 3 N–H and O–H groups in total. The maximum atomic E-state index is 12.6. The molecule has 1 atom stereocenters. The number of anilines is 3. The first-order valence-electron chi connectivity index (χ1n) is 9.23. The van der Waals surface area contributed by atoms with E-state index in [1.165, 1.54) is 19.3 Å². The van der Waals surface area contributed by atoms with Crippen LogP contribution in [-0.2, 0) is 0 Å². The van der Waals surface area contributed by atoms with Gasteiger partial charge in [-0.05, 0) is 62.6 Å². The molecule has 3 rings (SSSR count). The summed E-state index contributed by atoms with van der Waals surface area (Å²) in [5, 5.41) is 2.90. The quantitative estimate of drug-likeness (QED) is 0.781. The van der Waals surface area contributed by atoms with Crippen molar-refractivity contribution in [3.8, 4) is 11.5 Å². The van der Waals surface area contributed by atoms with Crippen LogP contribution in [0.2, 0.25) is 0 Å². The number of nitrogens with one attached hydrogen (secondary N) is 1. The topological polar surface area (TPSA) is 76.8 Å². The summed E-state index contributed by atoms with van der Waals surface area (Å²) in [5.41, 5.74) is 9.14. The molecule has 0 aromatic heterocycles. The Morgan fingerprint density at radius 1 is 1.11 bits per heavy atom. The van der Waals surface area contributed by atoms with Crippen molar-refractivity contribution in [2.24, 2.45) is 0 Å². The van der Waals surface area contributed by atoms with Gasteiger partial charge < -0.3 is 25.4 Å². The normalized spacial score (nSPS) is 16.7. The number of nitrogen functional groups attached to an aromatic ring is 1. The molecule has 1 aliphatic heterocycles. The Hall–Kier alpha value is -2.89. The minimum absolute atomic E-state index is 0.227. The number of methoxy groups -OCH3 is 2. The maximum absolute atomic E-state index is 12.6. The van der Waals surface area contributed by atoms with E-state index in [0.717, 1.165) is 12.2 Å². The van der Waals surface area contributed by atoms with Gasteiger partial charge in [0.15, 0.2) is 11.5 Å². The number of carbonyl (C=O) groups is 1. The molecule has 144 valence electrons. The minimum atomic E-state index is -0.227. The molecule has 0 radical (unpaired) electrons. The summed E-state index contributed by atoms with van der Waals surface area (Å²) in [5.74, 6) is 0.867. The van der Waals surface area contributed by atoms with Crippen molar-refractivity contribution in [1.82, 2.24) is 0 Å². The first-order valence-corrected chi connectivity index (χ1v) is 9.23. The molecule has 2 aromatic carbocycles.